The standard InChI is InChI=1S/C19H22N4O2S/c20-15-21-10-9-19(14-21)23-12-11-22(26(23,24)25)18-8-4-7-17(13-18)16-5-2-1-3-6-16/h1-8,13,19,24-25H,9-12,14H2/t19-/m1/s1. The lowest BCUT2D eigenvalue weighted by molar-refractivity contribution is 0.310. The van der Waals surface area contributed by atoms with Gasteiger partial charge < -0.3 is 4.90 Å². The number of hydrogen-bond donors (Lipinski definition) is 2. The molecular weight excluding hydrogens is 348 g/mol. The van der Waals surface area contributed by atoms with Crippen LogP contribution in [0.25, 0.3) is 11.1 Å². The van der Waals surface area contributed by atoms with Gasteiger partial charge in [-0.15, -0.1) is 0 Å². The van der Waals surface area contributed by atoms with Crippen LogP contribution >= 0.6 is 11.0 Å². The van der Waals surface area contributed by atoms with Gasteiger partial charge in [0.05, 0.1) is 18.3 Å². The molecule has 2 aliphatic rings. The second kappa shape index (κ2) is 6.82. The second-order valence-corrected chi connectivity index (χ2v) is 8.53. The topological polar surface area (TPSA) is 74.0 Å². The van der Waals surface area contributed by atoms with Gasteiger partial charge in [0.2, 0.25) is 0 Å². The maximum absolute atomic E-state index is 10.9. The molecule has 0 unspecified atom stereocenters. The van der Waals surface area contributed by atoms with E-state index in [9.17, 15) is 9.11 Å². The Morgan fingerprint density at radius 1 is 0.962 bits per heavy atom. The Bertz CT molecular complexity index is 824. The summed E-state index contributed by atoms with van der Waals surface area (Å²) in [6.07, 6.45) is 2.93. The summed E-state index contributed by atoms with van der Waals surface area (Å²) in [5.74, 6) is 0. The highest BCUT2D eigenvalue weighted by molar-refractivity contribution is 8.23. The van der Waals surface area contributed by atoms with Crippen LogP contribution in [0, 0.1) is 11.5 Å². The van der Waals surface area contributed by atoms with Crippen LogP contribution in [0.2, 0.25) is 0 Å². The third kappa shape index (κ3) is 3.02. The molecule has 2 aromatic carbocycles. The van der Waals surface area contributed by atoms with Crippen molar-refractivity contribution in [3.05, 3.63) is 54.6 Å². The van der Waals surface area contributed by atoms with E-state index < -0.39 is 11.0 Å². The number of nitriles is 1. The Hall–Kier alpha value is -2.24. The predicted octanol–water partition coefficient (Wildman–Crippen LogP) is 3.61. The summed E-state index contributed by atoms with van der Waals surface area (Å²) < 4.78 is 25.4. The van der Waals surface area contributed by atoms with Crippen molar-refractivity contribution in [3.8, 4) is 17.3 Å². The number of nitrogens with zero attached hydrogens (tertiary/aromatic N) is 4. The van der Waals surface area contributed by atoms with E-state index in [-0.39, 0.29) is 6.04 Å². The first-order valence-electron chi connectivity index (χ1n) is 8.72. The van der Waals surface area contributed by atoms with Crippen molar-refractivity contribution >= 4 is 16.6 Å². The monoisotopic (exact) mass is 370 g/mol. The van der Waals surface area contributed by atoms with Crippen LogP contribution in [-0.2, 0) is 0 Å². The van der Waals surface area contributed by atoms with Crippen LogP contribution in [0.1, 0.15) is 6.42 Å². The SMILES string of the molecule is N#CN1CC[C@@H](N2CCN(c3cccc(-c4ccccc4)c3)S2(O)O)C1. The van der Waals surface area contributed by atoms with E-state index in [1.807, 2.05) is 54.6 Å². The number of hydrogen-bond acceptors (Lipinski definition) is 6. The van der Waals surface area contributed by atoms with Crippen LogP contribution in [0.15, 0.2) is 54.6 Å². The quantitative estimate of drug-likeness (QED) is 0.804. The zero-order valence-corrected chi connectivity index (χ0v) is 15.2. The van der Waals surface area contributed by atoms with Gasteiger partial charge in [-0.25, -0.2) is 0 Å². The molecular formula is C19H22N4O2S. The van der Waals surface area contributed by atoms with Crippen LogP contribution in [-0.4, -0.2) is 50.5 Å². The number of benzene rings is 2. The lowest BCUT2D eigenvalue weighted by Crippen LogP contribution is -2.38. The first-order chi connectivity index (χ1) is 12.6. The lowest BCUT2D eigenvalue weighted by atomic mass is 10.1. The van der Waals surface area contributed by atoms with Crippen molar-refractivity contribution in [1.29, 1.82) is 5.26 Å². The van der Waals surface area contributed by atoms with Gasteiger partial charge in [-0.1, -0.05) is 53.4 Å². The highest BCUT2D eigenvalue weighted by Crippen LogP contribution is 2.55. The summed E-state index contributed by atoms with van der Waals surface area (Å²) in [4.78, 5) is 1.68. The molecule has 0 amide bonds. The maximum atomic E-state index is 10.9. The Morgan fingerprint density at radius 2 is 1.73 bits per heavy atom. The smallest absolute Gasteiger partial charge is 0.179 e. The lowest BCUT2D eigenvalue weighted by Gasteiger charge is -2.45. The van der Waals surface area contributed by atoms with Crippen molar-refractivity contribution in [2.75, 3.05) is 30.5 Å². The zero-order valence-electron chi connectivity index (χ0n) is 14.4. The maximum Gasteiger partial charge on any atom is 0.179 e. The molecule has 0 aromatic heterocycles. The summed E-state index contributed by atoms with van der Waals surface area (Å²) in [6.45, 7) is 2.38. The molecule has 4 rings (SSSR count). The van der Waals surface area contributed by atoms with Crippen molar-refractivity contribution in [1.82, 2.24) is 9.21 Å². The highest BCUT2D eigenvalue weighted by atomic mass is 32.3. The highest BCUT2D eigenvalue weighted by Gasteiger charge is 2.43. The van der Waals surface area contributed by atoms with Crippen molar-refractivity contribution in [2.24, 2.45) is 0 Å². The summed E-state index contributed by atoms with van der Waals surface area (Å²) >= 11 is 0. The van der Waals surface area contributed by atoms with E-state index in [1.165, 1.54) is 0 Å². The van der Waals surface area contributed by atoms with Gasteiger partial charge in [-0.05, 0) is 29.7 Å². The fourth-order valence-electron chi connectivity index (χ4n) is 3.75. The van der Waals surface area contributed by atoms with Gasteiger partial charge in [0.25, 0.3) is 0 Å². The molecule has 2 saturated heterocycles. The van der Waals surface area contributed by atoms with E-state index in [0.29, 0.717) is 26.2 Å². The Morgan fingerprint density at radius 3 is 2.46 bits per heavy atom. The van der Waals surface area contributed by atoms with E-state index >= 15 is 0 Å². The van der Waals surface area contributed by atoms with Gasteiger partial charge in [0.1, 0.15) is 0 Å². The Labute approximate surface area is 155 Å². The summed E-state index contributed by atoms with van der Waals surface area (Å²) in [5.41, 5.74) is 2.96. The minimum atomic E-state index is -3.06. The number of rotatable bonds is 3. The summed E-state index contributed by atoms with van der Waals surface area (Å²) in [7, 11) is -3.06. The Kier molecular flexibility index (Phi) is 4.51. The minimum Gasteiger partial charge on any atom is -0.309 e. The van der Waals surface area contributed by atoms with Crippen molar-refractivity contribution in [3.63, 3.8) is 0 Å². The number of likely N-dealkylation sites (tertiary alicyclic amines) is 1. The minimum absolute atomic E-state index is 0.00181. The van der Waals surface area contributed by atoms with Crippen molar-refractivity contribution < 1.29 is 9.11 Å². The predicted molar refractivity (Wildman–Crippen MR) is 104 cm³/mol. The second-order valence-electron chi connectivity index (χ2n) is 6.64. The summed E-state index contributed by atoms with van der Waals surface area (Å²) in [6, 6.07) is 18.0. The molecule has 2 aromatic rings. The average molecular weight is 370 g/mol. The van der Waals surface area contributed by atoms with E-state index in [0.717, 1.165) is 23.2 Å². The van der Waals surface area contributed by atoms with Gasteiger partial charge in [0, 0.05) is 19.6 Å². The number of anilines is 1. The zero-order chi connectivity index (χ0) is 18.1. The summed E-state index contributed by atoms with van der Waals surface area (Å²) in [5, 5.41) is 9.05. The largest absolute Gasteiger partial charge is 0.309 e. The molecule has 7 heteroatoms. The molecule has 0 radical (unpaired) electrons. The van der Waals surface area contributed by atoms with Crippen LogP contribution in [0.5, 0.6) is 0 Å². The average Bonchev–Trinajstić information content (AvgIpc) is 3.26. The van der Waals surface area contributed by atoms with Gasteiger partial charge in [0.15, 0.2) is 6.19 Å². The molecule has 1 atom stereocenters. The Balaban J connectivity index is 1.58. The molecule has 2 N–H and O–H groups in total. The molecule has 6 nitrogen and oxygen atoms in total. The van der Waals surface area contributed by atoms with Gasteiger partial charge >= 0.3 is 0 Å². The van der Waals surface area contributed by atoms with Gasteiger partial charge in [-0.3, -0.25) is 13.4 Å². The fraction of sp³-hybridized carbons (Fsp3) is 0.316. The first-order valence-corrected chi connectivity index (χ1v) is 10.2. The molecule has 2 heterocycles. The molecule has 0 bridgehead atoms. The third-order valence-corrected chi connectivity index (χ3v) is 7.18. The van der Waals surface area contributed by atoms with Crippen LogP contribution in [0.3, 0.4) is 0 Å². The normalized spacial score (nSPS) is 23.8. The molecule has 2 fully saturated rings. The van der Waals surface area contributed by atoms with E-state index in [4.69, 9.17) is 5.26 Å². The first kappa shape index (κ1) is 17.2. The van der Waals surface area contributed by atoms with Crippen LogP contribution < -0.4 is 4.31 Å². The fourth-order valence-corrected chi connectivity index (χ4v) is 5.63. The van der Waals surface area contributed by atoms with Crippen LogP contribution in [0.4, 0.5) is 5.69 Å². The van der Waals surface area contributed by atoms with Gasteiger partial charge in [-0.2, -0.15) is 9.57 Å². The molecule has 0 aliphatic carbocycles. The van der Waals surface area contributed by atoms with E-state index in [2.05, 4.69) is 6.19 Å². The molecule has 0 saturated carbocycles. The third-order valence-electron chi connectivity index (χ3n) is 5.09. The molecule has 2 aliphatic heterocycles. The van der Waals surface area contributed by atoms with Crippen molar-refractivity contribution in [2.45, 2.75) is 12.5 Å². The molecule has 136 valence electrons. The molecule has 26 heavy (non-hydrogen) atoms. The molecule has 0 spiro atoms. The van der Waals surface area contributed by atoms with E-state index in [1.54, 1.807) is 13.5 Å².